The van der Waals surface area contributed by atoms with Crippen LogP contribution in [0.25, 0.3) is 5.69 Å². The molecule has 0 saturated heterocycles. The molecule has 4 rings (SSSR count). The Kier molecular flexibility index (Phi) is 5.29. The summed E-state index contributed by atoms with van der Waals surface area (Å²) >= 11 is 1.39. The number of anilines is 1. The molecule has 0 unspecified atom stereocenters. The normalized spacial score (nSPS) is 13.5. The van der Waals surface area contributed by atoms with Crippen molar-refractivity contribution >= 4 is 23.5 Å². The van der Waals surface area contributed by atoms with E-state index in [2.05, 4.69) is 31.8 Å². The van der Waals surface area contributed by atoms with E-state index in [0.717, 1.165) is 35.2 Å². The molecule has 0 atom stereocenters. The predicted octanol–water partition coefficient (Wildman–Crippen LogP) is 3.57. The number of allylic oxidation sites excluding steroid dienone is 1. The summed E-state index contributed by atoms with van der Waals surface area (Å²) < 4.78 is 3.80. The molecule has 28 heavy (non-hydrogen) atoms. The third kappa shape index (κ3) is 4.01. The van der Waals surface area contributed by atoms with Crippen LogP contribution in [0.1, 0.15) is 30.3 Å². The van der Waals surface area contributed by atoms with Crippen molar-refractivity contribution in [2.24, 2.45) is 0 Å². The molecule has 1 fully saturated rings. The summed E-state index contributed by atoms with van der Waals surface area (Å²) in [5.74, 6) is 2.29. The van der Waals surface area contributed by atoms with Crippen molar-refractivity contribution in [1.29, 1.82) is 0 Å². The lowest BCUT2D eigenvalue weighted by atomic mass is 10.3. The molecule has 1 saturated carbocycles. The maximum Gasteiger partial charge on any atom is 0.236 e. The van der Waals surface area contributed by atoms with Crippen molar-refractivity contribution in [1.82, 2.24) is 24.5 Å². The minimum atomic E-state index is -0.108. The van der Waals surface area contributed by atoms with E-state index in [9.17, 15) is 4.79 Å². The highest BCUT2D eigenvalue weighted by atomic mass is 32.2. The van der Waals surface area contributed by atoms with Gasteiger partial charge >= 0.3 is 0 Å². The van der Waals surface area contributed by atoms with Gasteiger partial charge in [0.25, 0.3) is 0 Å². The quantitative estimate of drug-likeness (QED) is 0.467. The average molecular weight is 395 g/mol. The zero-order chi connectivity index (χ0) is 19.5. The standard InChI is InChI=1S/C20H22N6OS/c1-3-11-25-19(15-9-10-15)22-23-20(25)28-13-18(27)21-17-12-14(2)24-26(17)16-7-5-4-6-8-16/h3-8,12,15H,1,9-11,13H2,2H3,(H,21,27). The number of hydrogen-bond acceptors (Lipinski definition) is 5. The van der Waals surface area contributed by atoms with Crippen LogP contribution in [-0.4, -0.2) is 36.2 Å². The summed E-state index contributed by atoms with van der Waals surface area (Å²) in [5, 5.41) is 16.8. The SMILES string of the molecule is C=CCn1c(SCC(=O)Nc2cc(C)nn2-c2ccccc2)nnc1C1CC1. The van der Waals surface area contributed by atoms with Gasteiger partial charge in [-0.25, -0.2) is 4.68 Å². The average Bonchev–Trinajstić information content (AvgIpc) is 3.37. The number of carbonyl (C=O) groups is 1. The minimum Gasteiger partial charge on any atom is -0.310 e. The Morgan fingerprint density at radius 3 is 2.82 bits per heavy atom. The van der Waals surface area contributed by atoms with Crippen LogP contribution in [0.2, 0.25) is 0 Å². The fraction of sp³-hybridized carbons (Fsp3) is 0.300. The number of thioether (sulfide) groups is 1. The van der Waals surface area contributed by atoms with Gasteiger partial charge < -0.3 is 9.88 Å². The van der Waals surface area contributed by atoms with E-state index in [1.807, 2.05) is 49.4 Å². The lowest BCUT2D eigenvalue weighted by Crippen LogP contribution is -2.17. The number of hydrogen-bond donors (Lipinski definition) is 1. The van der Waals surface area contributed by atoms with E-state index in [4.69, 9.17) is 0 Å². The number of rotatable bonds is 8. The van der Waals surface area contributed by atoms with Crippen molar-refractivity contribution in [3.05, 3.63) is 60.6 Å². The second-order valence-electron chi connectivity index (χ2n) is 6.77. The first-order valence-electron chi connectivity index (χ1n) is 9.24. The molecule has 0 aliphatic heterocycles. The van der Waals surface area contributed by atoms with Crippen LogP contribution in [0.3, 0.4) is 0 Å². The van der Waals surface area contributed by atoms with Gasteiger partial charge in [-0.3, -0.25) is 4.79 Å². The van der Waals surface area contributed by atoms with E-state index in [0.29, 0.717) is 18.3 Å². The van der Waals surface area contributed by atoms with Crippen molar-refractivity contribution in [2.75, 3.05) is 11.1 Å². The largest absolute Gasteiger partial charge is 0.310 e. The van der Waals surface area contributed by atoms with Crippen molar-refractivity contribution in [2.45, 2.75) is 37.4 Å². The van der Waals surface area contributed by atoms with Crippen molar-refractivity contribution < 1.29 is 4.79 Å². The van der Waals surface area contributed by atoms with Crippen LogP contribution >= 0.6 is 11.8 Å². The lowest BCUT2D eigenvalue weighted by molar-refractivity contribution is -0.113. The summed E-state index contributed by atoms with van der Waals surface area (Å²) in [4.78, 5) is 12.6. The molecule has 1 aromatic carbocycles. The van der Waals surface area contributed by atoms with Crippen LogP contribution in [-0.2, 0) is 11.3 Å². The van der Waals surface area contributed by atoms with Gasteiger partial charge in [0.15, 0.2) is 5.16 Å². The van der Waals surface area contributed by atoms with E-state index in [1.165, 1.54) is 11.8 Å². The third-order valence-corrected chi connectivity index (χ3v) is 5.40. The Labute approximate surface area is 167 Å². The van der Waals surface area contributed by atoms with Crippen LogP contribution in [0.15, 0.2) is 54.2 Å². The fourth-order valence-electron chi connectivity index (χ4n) is 3.01. The zero-order valence-electron chi connectivity index (χ0n) is 15.7. The smallest absolute Gasteiger partial charge is 0.236 e. The number of nitrogens with zero attached hydrogens (tertiary/aromatic N) is 5. The van der Waals surface area contributed by atoms with Gasteiger partial charge in [0.05, 0.1) is 17.1 Å². The Bertz CT molecular complexity index is 990. The first-order valence-corrected chi connectivity index (χ1v) is 10.2. The predicted molar refractivity (Wildman–Crippen MR) is 110 cm³/mol. The van der Waals surface area contributed by atoms with E-state index < -0.39 is 0 Å². The monoisotopic (exact) mass is 394 g/mol. The molecule has 8 heteroatoms. The molecule has 0 spiro atoms. The highest BCUT2D eigenvalue weighted by Crippen LogP contribution is 2.40. The van der Waals surface area contributed by atoms with Crippen LogP contribution in [0, 0.1) is 6.92 Å². The molecule has 3 aromatic rings. The number of aromatic nitrogens is 5. The maximum absolute atomic E-state index is 12.6. The Morgan fingerprint density at radius 2 is 2.11 bits per heavy atom. The highest BCUT2D eigenvalue weighted by Gasteiger charge is 2.30. The molecule has 1 amide bonds. The summed E-state index contributed by atoms with van der Waals surface area (Å²) in [6.45, 7) is 6.37. The molecule has 144 valence electrons. The van der Waals surface area contributed by atoms with Crippen molar-refractivity contribution in [3.63, 3.8) is 0 Å². The first-order chi connectivity index (χ1) is 13.7. The molecule has 1 N–H and O–H groups in total. The molecule has 1 aliphatic carbocycles. The van der Waals surface area contributed by atoms with Crippen LogP contribution < -0.4 is 5.32 Å². The Balaban J connectivity index is 1.44. The third-order valence-electron chi connectivity index (χ3n) is 4.43. The molecular weight excluding hydrogens is 372 g/mol. The van der Waals surface area contributed by atoms with Gasteiger partial charge in [-0.2, -0.15) is 5.10 Å². The fourth-order valence-corrected chi connectivity index (χ4v) is 3.77. The maximum atomic E-state index is 12.6. The minimum absolute atomic E-state index is 0.108. The van der Waals surface area contributed by atoms with E-state index >= 15 is 0 Å². The van der Waals surface area contributed by atoms with Gasteiger partial charge in [-0.1, -0.05) is 36.0 Å². The first kappa shape index (κ1) is 18.5. The zero-order valence-corrected chi connectivity index (χ0v) is 16.5. The Morgan fingerprint density at radius 1 is 1.32 bits per heavy atom. The molecule has 0 radical (unpaired) electrons. The summed E-state index contributed by atoms with van der Waals surface area (Å²) in [7, 11) is 0. The molecule has 7 nitrogen and oxygen atoms in total. The van der Waals surface area contributed by atoms with Crippen molar-refractivity contribution in [3.8, 4) is 5.69 Å². The summed E-state index contributed by atoms with van der Waals surface area (Å²) in [6.07, 6.45) is 4.15. The topological polar surface area (TPSA) is 77.6 Å². The van der Waals surface area contributed by atoms with Crippen LogP contribution in [0.4, 0.5) is 5.82 Å². The number of benzene rings is 1. The molecule has 0 bridgehead atoms. The van der Waals surface area contributed by atoms with Gasteiger partial charge in [-0.15, -0.1) is 16.8 Å². The summed E-state index contributed by atoms with van der Waals surface area (Å²) in [5.41, 5.74) is 1.74. The van der Waals surface area contributed by atoms with E-state index in [1.54, 1.807) is 4.68 Å². The van der Waals surface area contributed by atoms with Gasteiger partial charge in [0.1, 0.15) is 11.6 Å². The lowest BCUT2D eigenvalue weighted by Gasteiger charge is -2.09. The molecule has 2 aromatic heterocycles. The molecule has 1 aliphatic rings. The Hall–Kier alpha value is -2.87. The molecule has 2 heterocycles. The number of para-hydroxylation sites is 1. The number of aryl methyl sites for hydroxylation is 1. The van der Waals surface area contributed by atoms with Gasteiger partial charge in [0, 0.05) is 18.5 Å². The summed E-state index contributed by atoms with van der Waals surface area (Å²) in [6, 6.07) is 11.6. The van der Waals surface area contributed by atoms with Gasteiger partial charge in [-0.05, 0) is 31.9 Å². The second-order valence-corrected chi connectivity index (χ2v) is 7.71. The number of carbonyl (C=O) groups excluding carboxylic acids is 1. The van der Waals surface area contributed by atoms with E-state index in [-0.39, 0.29) is 11.7 Å². The van der Waals surface area contributed by atoms with Gasteiger partial charge in [0.2, 0.25) is 5.91 Å². The highest BCUT2D eigenvalue weighted by molar-refractivity contribution is 7.99. The number of nitrogens with one attached hydrogen (secondary N) is 1. The molecular formula is C20H22N6OS. The number of amides is 1. The second kappa shape index (κ2) is 8.02. The van der Waals surface area contributed by atoms with Crippen LogP contribution in [0.5, 0.6) is 0 Å².